The number of nitrogens with one attached hydrogen (secondary N) is 1. The van der Waals surface area contributed by atoms with Gasteiger partial charge < -0.3 is 10.1 Å². The molecular weight excluding hydrogens is 276 g/mol. The van der Waals surface area contributed by atoms with Crippen LogP contribution in [0.3, 0.4) is 0 Å². The van der Waals surface area contributed by atoms with Crippen LogP contribution in [0.4, 0.5) is 5.82 Å². The van der Waals surface area contributed by atoms with Crippen LogP contribution < -0.4 is 10.1 Å². The summed E-state index contributed by atoms with van der Waals surface area (Å²) in [6.07, 6.45) is 4.54. The Morgan fingerprint density at radius 3 is 2.91 bits per heavy atom. The fourth-order valence-corrected chi connectivity index (χ4v) is 2.71. The first-order chi connectivity index (χ1) is 10.6. The third kappa shape index (κ3) is 3.11. The average molecular weight is 296 g/mol. The van der Waals surface area contributed by atoms with Gasteiger partial charge in [-0.15, -0.1) is 0 Å². The van der Waals surface area contributed by atoms with Crippen molar-refractivity contribution in [1.82, 2.24) is 4.98 Å². The first-order valence-corrected chi connectivity index (χ1v) is 7.64. The number of aromatic nitrogens is 1. The van der Waals surface area contributed by atoms with E-state index in [0.29, 0.717) is 5.82 Å². The van der Waals surface area contributed by atoms with Gasteiger partial charge in [0.1, 0.15) is 11.6 Å². The highest BCUT2D eigenvalue weighted by Gasteiger charge is 2.18. The summed E-state index contributed by atoms with van der Waals surface area (Å²) in [6, 6.07) is 9.85. The minimum atomic E-state index is -0.569. The molecule has 1 aliphatic carbocycles. The van der Waals surface area contributed by atoms with Gasteiger partial charge in [-0.25, -0.2) is 4.98 Å². The normalized spacial score (nSPS) is 14.3. The van der Waals surface area contributed by atoms with Gasteiger partial charge in [0.15, 0.2) is 6.10 Å². The number of rotatable bonds is 4. The second-order valence-electron chi connectivity index (χ2n) is 5.70. The predicted molar refractivity (Wildman–Crippen MR) is 86.2 cm³/mol. The van der Waals surface area contributed by atoms with Gasteiger partial charge in [0, 0.05) is 6.20 Å². The Balaban J connectivity index is 1.65. The monoisotopic (exact) mass is 296 g/mol. The average Bonchev–Trinajstić information content (AvgIpc) is 2.97. The van der Waals surface area contributed by atoms with E-state index in [4.69, 9.17) is 4.74 Å². The molecule has 2 aromatic rings. The number of aryl methyl sites for hydroxylation is 3. The zero-order valence-electron chi connectivity index (χ0n) is 12.9. The second kappa shape index (κ2) is 6.18. The Kier molecular flexibility index (Phi) is 4.09. The number of fused-ring (bicyclic) bond motifs is 1. The van der Waals surface area contributed by atoms with Crippen LogP contribution in [0.1, 0.15) is 30.0 Å². The van der Waals surface area contributed by atoms with Crippen LogP contribution >= 0.6 is 0 Å². The van der Waals surface area contributed by atoms with E-state index in [-0.39, 0.29) is 5.91 Å². The summed E-state index contributed by atoms with van der Waals surface area (Å²) in [5.41, 5.74) is 3.67. The number of pyridine rings is 1. The van der Waals surface area contributed by atoms with Gasteiger partial charge in [-0.1, -0.05) is 12.1 Å². The molecule has 1 aliphatic rings. The number of anilines is 1. The molecule has 4 nitrogen and oxygen atoms in total. The van der Waals surface area contributed by atoms with Gasteiger partial charge in [0.05, 0.1) is 0 Å². The molecule has 114 valence electrons. The maximum atomic E-state index is 12.2. The first kappa shape index (κ1) is 14.6. The van der Waals surface area contributed by atoms with E-state index >= 15 is 0 Å². The Hall–Kier alpha value is -2.36. The largest absolute Gasteiger partial charge is 0.481 e. The van der Waals surface area contributed by atoms with E-state index in [1.54, 1.807) is 13.1 Å². The van der Waals surface area contributed by atoms with Crippen molar-refractivity contribution < 1.29 is 9.53 Å². The Morgan fingerprint density at radius 2 is 2.09 bits per heavy atom. The summed E-state index contributed by atoms with van der Waals surface area (Å²) < 4.78 is 5.77. The van der Waals surface area contributed by atoms with Gasteiger partial charge in [0.2, 0.25) is 0 Å². The molecule has 0 bridgehead atoms. The summed E-state index contributed by atoms with van der Waals surface area (Å²) in [7, 11) is 0. The lowest BCUT2D eigenvalue weighted by molar-refractivity contribution is -0.122. The topological polar surface area (TPSA) is 51.2 Å². The van der Waals surface area contributed by atoms with E-state index in [1.165, 1.54) is 17.5 Å². The van der Waals surface area contributed by atoms with Gasteiger partial charge in [0.25, 0.3) is 5.91 Å². The van der Waals surface area contributed by atoms with Crippen molar-refractivity contribution in [1.29, 1.82) is 0 Å². The van der Waals surface area contributed by atoms with Crippen LogP contribution in [0.25, 0.3) is 0 Å². The highest BCUT2D eigenvalue weighted by molar-refractivity contribution is 5.93. The summed E-state index contributed by atoms with van der Waals surface area (Å²) >= 11 is 0. The molecule has 22 heavy (non-hydrogen) atoms. The molecule has 1 aromatic heterocycles. The molecule has 0 spiro atoms. The molecule has 1 unspecified atom stereocenters. The lowest BCUT2D eigenvalue weighted by Gasteiger charge is -2.16. The van der Waals surface area contributed by atoms with Crippen LogP contribution in [0.5, 0.6) is 5.75 Å². The molecule has 3 rings (SSSR count). The molecule has 0 radical (unpaired) electrons. The van der Waals surface area contributed by atoms with E-state index in [1.807, 2.05) is 25.1 Å². The zero-order chi connectivity index (χ0) is 15.5. The minimum Gasteiger partial charge on any atom is -0.481 e. The fraction of sp³-hybridized carbons (Fsp3) is 0.333. The van der Waals surface area contributed by atoms with Gasteiger partial charge >= 0.3 is 0 Å². The van der Waals surface area contributed by atoms with Crippen molar-refractivity contribution in [2.75, 3.05) is 5.32 Å². The van der Waals surface area contributed by atoms with E-state index in [9.17, 15) is 4.79 Å². The summed E-state index contributed by atoms with van der Waals surface area (Å²) in [6.45, 7) is 3.66. The SMILES string of the molecule is Cc1cccnc1NC(=O)C(C)Oc1ccc2c(c1)CCC2. The third-order valence-corrected chi connectivity index (χ3v) is 4.00. The van der Waals surface area contributed by atoms with E-state index in [0.717, 1.165) is 24.2 Å². The minimum absolute atomic E-state index is 0.192. The molecule has 0 aliphatic heterocycles. The number of carbonyl (C=O) groups is 1. The van der Waals surface area contributed by atoms with E-state index in [2.05, 4.69) is 22.4 Å². The molecule has 1 amide bonds. The summed E-state index contributed by atoms with van der Waals surface area (Å²) in [4.78, 5) is 16.4. The number of ether oxygens (including phenoxy) is 1. The van der Waals surface area contributed by atoms with Gasteiger partial charge in [-0.05, 0) is 68.0 Å². The van der Waals surface area contributed by atoms with E-state index < -0.39 is 6.10 Å². The molecule has 0 saturated heterocycles. The lowest BCUT2D eigenvalue weighted by atomic mass is 10.1. The zero-order valence-corrected chi connectivity index (χ0v) is 12.9. The van der Waals surface area contributed by atoms with Gasteiger partial charge in [-0.2, -0.15) is 0 Å². The molecule has 1 atom stereocenters. The number of hydrogen-bond donors (Lipinski definition) is 1. The number of carbonyl (C=O) groups excluding carboxylic acids is 1. The van der Waals surface area contributed by atoms with Crippen LogP contribution in [0.2, 0.25) is 0 Å². The molecule has 0 saturated carbocycles. The van der Waals surface area contributed by atoms with Crippen molar-refractivity contribution in [3.05, 3.63) is 53.2 Å². The molecule has 1 aromatic carbocycles. The fourth-order valence-electron chi connectivity index (χ4n) is 2.71. The van der Waals surface area contributed by atoms with Crippen LogP contribution in [0, 0.1) is 6.92 Å². The molecule has 4 heteroatoms. The van der Waals surface area contributed by atoms with Crippen LogP contribution in [-0.4, -0.2) is 17.0 Å². The van der Waals surface area contributed by atoms with Crippen molar-refractivity contribution in [2.45, 2.75) is 39.2 Å². The van der Waals surface area contributed by atoms with Crippen molar-refractivity contribution in [3.8, 4) is 5.75 Å². The Labute approximate surface area is 130 Å². The van der Waals surface area contributed by atoms with Crippen LogP contribution in [-0.2, 0) is 17.6 Å². The molecule has 0 fully saturated rings. The molecule has 1 heterocycles. The van der Waals surface area contributed by atoms with Crippen molar-refractivity contribution >= 4 is 11.7 Å². The second-order valence-corrected chi connectivity index (χ2v) is 5.70. The standard InChI is InChI=1S/C18H20N2O2/c1-12-5-4-10-19-17(12)20-18(21)13(2)22-16-9-8-14-6-3-7-15(14)11-16/h4-5,8-11,13H,3,6-7H2,1-2H3,(H,19,20,21). The van der Waals surface area contributed by atoms with Crippen molar-refractivity contribution in [2.24, 2.45) is 0 Å². The lowest BCUT2D eigenvalue weighted by Crippen LogP contribution is -2.30. The molecular formula is C18H20N2O2. The maximum absolute atomic E-state index is 12.2. The molecule has 1 N–H and O–H groups in total. The van der Waals surface area contributed by atoms with Crippen LogP contribution in [0.15, 0.2) is 36.5 Å². The first-order valence-electron chi connectivity index (χ1n) is 7.64. The predicted octanol–water partition coefficient (Wildman–Crippen LogP) is 3.28. The summed E-state index contributed by atoms with van der Waals surface area (Å²) in [5, 5.41) is 2.81. The summed E-state index contributed by atoms with van der Waals surface area (Å²) in [5.74, 6) is 1.14. The number of hydrogen-bond acceptors (Lipinski definition) is 3. The number of nitrogens with zero attached hydrogens (tertiary/aromatic N) is 1. The highest BCUT2D eigenvalue weighted by Crippen LogP contribution is 2.26. The Bertz CT molecular complexity index is 697. The van der Waals surface area contributed by atoms with Gasteiger partial charge in [-0.3, -0.25) is 4.79 Å². The maximum Gasteiger partial charge on any atom is 0.266 e. The number of benzene rings is 1. The Morgan fingerprint density at radius 1 is 1.27 bits per heavy atom. The third-order valence-electron chi connectivity index (χ3n) is 4.00. The van der Waals surface area contributed by atoms with Crippen molar-refractivity contribution in [3.63, 3.8) is 0 Å². The smallest absolute Gasteiger partial charge is 0.266 e. The number of amides is 1. The quantitative estimate of drug-likeness (QED) is 0.942. The highest BCUT2D eigenvalue weighted by atomic mass is 16.5.